The lowest BCUT2D eigenvalue weighted by atomic mass is 9.98. The molecule has 2 rings (SSSR count). The molecule has 2 aromatic rings. The van der Waals surface area contributed by atoms with Crippen LogP contribution >= 0.6 is 0 Å². The minimum atomic E-state index is 0.675. The monoisotopic (exact) mass is 238 g/mol. The molecule has 1 heteroatoms. The molecule has 0 atom stereocenters. The molecule has 0 aliphatic heterocycles. The van der Waals surface area contributed by atoms with Crippen LogP contribution in [0.5, 0.6) is 0 Å². The van der Waals surface area contributed by atoms with E-state index < -0.39 is 0 Å². The zero-order valence-corrected chi connectivity index (χ0v) is 10.9. The third-order valence-electron chi connectivity index (χ3n) is 2.95. The maximum atomic E-state index is 10.8. The number of rotatable bonds is 4. The molecule has 2 aromatic carbocycles. The van der Waals surface area contributed by atoms with Gasteiger partial charge in [-0.15, -0.1) is 0 Å². The average molecular weight is 238 g/mol. The van der Waals surface area contributed by atoms with Crippen molar-refractivity contribution in [2.75, 3.05) is 0 Å². The van der Waals surface area contributed by atoms with Crippen molar-refractivity contribution in [3.05, 3.63) is 59.7 Å². The number of aldehydes is 1. The Morgan fingerprint density at radius 2 is 1.72 bits per heavy atom. The Morgan fingerprint density at radius 3 is 2.33 bits per heavy atom. The summed E-state index contributed by atoms with van der Waals surface area (Å²) in [6.07, 6.45) is 1.99. The second-order valence-electron chi connectivity index (χ2n) is 5.04. The Balaban J connectivity index is 2.25. The molecule has 0 aliphatic rings. The molecule has 0 bridgehead atoms. The second-order valence-corrected chi connectivity index (χ2v) is 5.04. The number of hydrogen-bond acceptors (Lipinski definition) is 1. The number of benzene rings is 2. The fourth-order valence-electron chi connectivity index (χ4n) is 2.10. The molecule has 0 unspecified atom stereocenters. The standard InChI is InChI=1S/C17H18O/c1-13(2)10-14-6-8-16(9-7-14)17-5-3-4-15(11-17)12-18/h3-9,11-13H,10H2,1-2H3. The Labute approximate surface area is 108 Å². The summed E-state index contributed by atoms with van der Waals surface area (Å²) in [5.74, 6) is 0.675. The van der Waals surface area contributed by atoms with Crippen LogP contribution in [0, 0.1) is 5.92 Å². The molecule has 0 fully saturated rings. The smallest absolute Gasteiger partial charge is 0.150 e. The van der Waals surface area contributed by atoms with Crippen molar-refractivity contribution in [1.29, 1.82) is 0 Å². The second kappa shape index (κ2) is 5.63. The van der Waals surface area contributed by atoms with Gasteiger partial charge in [0.15, 0.2) is 0 Å². The van der Waals surface area contributed by atoms with Gasteiger partial charge in [-0.2, -0.15) is 0 Å². The summed E-state index contributed by atoms with van der Waals surface area (Å²) in [6, 6.07) is 16.3. The van der Waals surface area contributed by atoms with Crippen LogP contribution in [0.25, 0.3) is 11.1 Å². The first-order valence-electron chi connectivity index (χ1n) is 6.33. The fourth-order valence-corrected chi connectivity index (χ4v) is 2.10. The summed E-state index contributed by atoms with van der Waals surface area (Å²) in [5, 5.41) is 0. The van der Waals surface area contributed by atoms with Gasteiger partial charge in [-0.1, -0.05) is 56.3 Å². The van der Waals surface area contributed by atoms with E-state index in [1.807, 2.05) is 24.3 Å². The van der Waals surface area contributed by atoms with Gasteiger partial charge in [0.2, 0.25) is 0 Å². The summed E-state index contributed by atoms with van der Waals surface area (Å²) in [6.45, 7) is 4.45. The lowest BCUT2D eigenvalue weighted by Crippen LogP contribution is -1.93. The van der Waals surface area contributed by atoms with Gasteiger partial charge in [-0.3, -0.25) is 4.79 Å². The van der Waals surface area contributed by atoms with E-state index in [0.717, 1.165) is 29.4 Å². The van der Waals surface area contributed by atoms with Gasteiger partial charge in [0.25, 0.3) is 0 Å². The molecule has 92 valence electrons. The molecule has 0 saturated carbocycles. The van der Waals surface area contributed by atoms with Crippen molar-refractivity contribution in [3.8, 4) is 11.1 Å². The van der Waals surface area contributed by atoms with Crippen molar-refractivity contribution in [2.24, 2.45) is 5.92 Å². The maximum absolute atomic E-state index is 10.8. The third kappa shape index (κ3) is 3.07. The van der Waals surface area contributed by atoms with Crippen LogP contribution in [-0.4, -0.2) is 6.29 Å². The molecular weight excluding hydrogens is 220 g/mol. The highest BCUT2D eigenvalue weighted by Crippen LogP contribution is 2.21. The molecule has 0 heterocycles. The normalized spacial score (nSPS) is 10.6. The minimum Gasteiger partial charge on any atom is -0.298 e. The van der Waals surface area contributed by atoms with Crippen LogP contribution < -0.4 is 0 Å². The van der Waals surface area contributed by atoms with Gasteiger partial charge in [0.05, 0.1) is 0 Å². The summed E-state index contributed by atoms with van der Waals surface area (Å²) in [4.78, 5) is 10.8. The van der Waals surface area contributed by atoms with Crippen LogP contribution in [0.2, 0.25) is 0 Å². The molecule has 18 heavy (non-hydrogen) atoms. The van der Waals surface area contributed by atoms with Gasteiger partial charge in [0, 0.05) is 5.56 Å². The molecule has 0 radical (unpaired) electrons. The lowest BCUT2D eigenvalue weighted by Gasteiger charge is -2.07. The quantitative estimate of drug-likeness (QED) is 0.723. The largest absolute Gasteiger partial charge is 0.298 e. The van der Waals surface area contributed by atoms with Crippen molar-refractivity contribution >= 4 is 6.29 Å². The molecular formula is C17H18O. The highest BCUT2D eigenvalue weighted by molar-refractivity contribution is 5.78. The van der Waals surface area contributed by atoms with E-state index in [0.29, 0.717) is 5.92 Å². The Morgan fingerprint density at radius 1 is 1.00 bits per heavy atom. The molecule has 0 N–H and O–H groups in total. The SMILES string of the molecule is CC(C)Cc1ccc(-c2cccc(C=O)c2)cc1. The van der Waals surface area contributed by atoms with Crippen molar-refractivity contribution in [3.63, 3.8) is 0 Å². The number of carbonyl (C=O) groups is 1. The van der Waals surface area contributed by atoms with E-state index >= 15 is 0 Å². The lowest BCUT2D eigenvalue weighted by molar-refractivity contribution is 0.112. The summed E-state index contributed by atoms with van der Waals surface area (Å²) < 4.78 is 0. The van der Waals surface area contributed by atoms with Gasteiger partial charge in [-0.25, -0.2) is 0 Å². The Hall–Kier alpha value is -1.89. The van der Waals surface area contributed by atoms with E-state index in [2.05, 4.69) is 38.1 Å². The van der Waals surface area contributed by atoms with E-state index in [-0.39, 0.29) is 0 Å². The molecule has 0 spiro atoms. The first-order valence-corrected chi connectivity index (χ1v) is 6.33. The first-order chi connectivity index (χ1) is 8.69. The topological polar surface area (TPSA) is 17.1 Å². The van der Waals surface area contributed by atoms with E-state index in [1.165, 1.54) is 5.56 Å². The molecule has 0 aliphatic carbocycles. The zero-order chi connectivity index (χ0) is 13.0. The van der Waals surface area contributed by atoms with Crippen LogP contribution in [0.4, 0.5) is 0 Å². The van der Waals surface area contributed by atoms with Gasteiger partial charge in [-0.05, 0) is 35.1 Å². The third-order valence-corrected chi connectivity index (χ3v) is 2.95. The maximum Gasteiger partial charge on any atom is 0.150 e. The first kappa shape index (κ1) is 12.6. The average Bonchev–Trinajstić information content (AvgIpc) is 2.39. The number of hydrogen-bond donors (Lipinski definition) is 0. The van der Waals surface area contributed by atoms with Crippen molar-refractivity contribution < 1.29 is 4.79 Å². The Kier molecular flexibility index (Phi) is 3.93. The number of carbonyl (C=O) groups excluding carboxylic acids is 1. The molecule has 0 saturated heterocycles. The van der Waals surface area contributed by atoms with Gasteiger partial charge >= 0.3 is 0 Å². The van der Waals surface area contributed by atoms with Crippen molar-refractivity contribution in [2.45, 2.75) is 20.3 Å². The highest BCUT2D eigenvalue weighted by Gasteiger charge is 2.01. The molecule has 0 aromatic heterocycles. The highest BCUT2D eigenvalue weighted by atomic mass is 16.1. The zero-order valence-electron chi connectivity index (χ0n) is 10.9. The predicted octanol–water partition coefficient (Wildman–Crippen LogP) is 4.36. The molecule has 1 nitrogen and oxygen atoms in total. The Bertz CT molecular complexity index is 524. The van der Waals surface area contributed by atoms with E-state index in [9.17, 15) is 4.79 Å². The summed E-state index contributed by atoms with van der Waals surface area (Å²) in [5.41, 5.74) is 4.33. The molecule has 0 amide bonds. The summed E-state index contributed by atoms with van der Waals surface area (Å²) >= 11 is 0. The van der Waals surface area contributed by atoms with E-state index in [1.54, 1.807) is 0 Å². The van der Waals surface area contributed by atoms with Crippen LogP contribution in [0.15, 0.2) is 48.5 Å². The van der Waals surface area contributed by atoms with Gasteiger partial charge < -0.3 is 0 Å². The summed E-state index contributed by atoms with van der Waals surface area (Å²) in [7, 11) is 0. The van der Waals surface area contributed by atoms with Crippen molar-refractivity contribution in [1.82, 2.24) is 0 Å². The van der Waals surface area contributed by atoms with E-state index in [4.69, 9.17) is 0 Å². The van der Waals surface area contributed by atoms with Crippen LogP contribution in [-0.2, 0) is 6.42 Å². The van der Waals surface area contributed by atoms with Crippen LogP contribution in [0.1, 0.15) is 29.8 Å². The fraction of sp³-hybridized carbons (Fsp3) is 0.235. The predicted molar refractivity (Wildman–Crippen MR) is 75.8 cm³/mol. The minimum absolute atomic E-state index is 0.675. The van der Waals surface area contributed by atoms with Gasteiger partial charge in [0.1, 0.15) is 6.29 Å². The van der Waals surface area contributed by atoms with Crippen LogP contribution in [0.3, 0.4) is 0 Å².